The first kappa shape index (κ1) is 21.3. The van der Waals surface area contributed by atoms with Crippen LogP contribution in [0.4, 0.5) is 4.39 Å². The van der Waals surface area contributed by atoms with Gasteiger partial charge in [0.2, 0.25) is 5.89 Å². The third kappa shape index (κ3) is 7.37. The van der Waals surface area contributed by atoms with Crippen molar-refractivity contribution in [2.75, 3.05) is 19.6 Å². The fourth-order valence-electron chi connectivity index (χ4n) is 2.30. The Bertz CT molecular complexity index is 689. The summed E-state index contributed by atoms with van der Waals surface area (Å²) in [5.41, 5.74) is 2.09. The first-order valence-electron chi connectivity index (χ1n) is 8.15. The van der Waals surface area contributed by atoms with Gasteiger partial charge in [-0.2, -0.15) is 4.98 Å². The van der Waals surface area contributed by atoms with E-state index in [1.54, 1.807) is 13.0 Å². The molecule has 0 saturated carbocycles. The van der Waals surface area contributed by atoms with Gasteiger partial charge in [-0.25, -0.2) is 4.39 Å². The Morgan fingerprint density at radius 2 is 2.04 bits per heavy atom. The van der Waals surface area contributed by atoms with Crippen molar-refractivity contribution in [2.45, 2.75) is 33.6 Å². The first-order chi connectivity index (χ1) is 11.6. The highest BCUT2D eigenvalue weighted by Crippen LogP contribution is 2.10. The van der Waals surface area contributed by atoms with Gasteiger partial charge >= 0.3 is 0 Å². The minimum atomic E-state index is -0.199. The molecule has 2 N–H and O–H groups in total. The van der Waals surface area contributed by atoms with Gasteiger partial charge in [-0.15, -0.1) is 24.0 Å². The number of aliphatic imine (C=N–C) groups is 1. The smallest absolute Gasteiger partial charge is 0.228 e. The summed E-state index contributed by atoms with van der Waals surface area (Å²) >= 11 is 0. The van der Waals surface area contributed by atoms with Crippen molar-refractivity contribution in [2.24, 2.45) is 4.99 Å². The Balaban J connectivity index is 0.00000312. The van der Waals surface area contributed by atoms with Crippen molar-refractivity contribution in [1.29, 1.82) is 0 Å². The van der Waals surface area contributed by atoms with Gasteiger partial charge in [-0.05, 0) is 50.5 Å². The van der Waals surface area contributed by atoms with Crippen molar-refractivity contribution in [3.63, 3.8) is 0 Å². The molecule has 0 unspecified atom stereocenters. The van der Waals surface area contributed by atoms with E-state index in [1.165, 1.54) is 6.07 Å². The summed E-state index contributed by atoms with van der Waals surface area (Å²) in [7, 11) is 0. The van der Waals surface area contributed by atoms with Gasteiger partial charge in [0, 0.05) is 19.5 Å². The van der Waals surface area contributed by atoms with Crippen molar-refractivity contribution in [1.82, 2.24) is 20.8 Å². The van der Waals surface area contributed by atoms with Gasteiger partial charge in [0.05, 0.1) is 6.54 Å². The summed E-state index contributed by atoms with van der Waals surface area (Å²) in [4.78, 5) is 8.65. The molecule has 1 aromatic heterocycles. The molecule has 25 heavy (non-hydrogen) atoms. The largest absolute Gasteiger partial charge is 0.357 e. The van der Waals surface area contributed by atoms with Crippen LogP contribution < -0.4 is 10.6 Å². The van der Waals surface area contributed by atoms with Crippen LogP contribution in [0.1, 0.15) is 29.8 Å². The highest BCUT2D eigenvalue weighted by molar-refractivity contribution is 14.0. The van der Waals surface area contributed by atoms with Crippen LogP contribution in [-0.2, 0) is 12.8 Å². The van der Waals surface area contributed by atoms with Gasteiger partial charge in [0.15, 0.2) is 11.8 Å². The third-order valence-corrected chi connectivity index (χ3v) is 3.50. The average Bonchev–Trinajstić information content (AvgIpc) is 2.95. The number of guanidine groups is 1. The lowest BCUT2D eigenvalue weighted by Crippen LogP contribution is -2.38. The van der Waals surface area contributed by atoms with Gasteiger partial charge in [0.1, 0.15) is 5.82 Å². The highest BCUT2D eigenvalue weighted by atomic mass is 127. The van der Waals surface area contributed by atoms with E-state index < -0.39 is 0 Å². The molecule has 0 saturated heterocycles. The topological polar surface area (TPSA) is 75.3 Å². The molecular formula is C17H25FIN5O. The number of hydrogen-bond donors (Lipinski definition) is 2. The molecule has 0 aliphatic carbocycles. The lowest BCUT2D eigenvalue weighted by atomic mass is 10.1. The maximum atomic E-state index is 13.1. The molecule has 2 aromatic rings. The van der Waals surface area contributed by atoms with E-state index >= 15 is 0 Å². The molecule has 0 radical (unpaired) electrons. The summed E-state index contributed by atoms with van der Waals surface area (Å²) in [5.74, 6) is 1.77. The molecule has 0 aliphatic rings. The summed E-state index contributed by atoms with van der Waals surface area (Å²) in [6.07, 6.45) is 1.41. The normalized spacial score (nSPS) is 11.1. The fraction of sp³-hybridized carbons (Fsp3) is 0.471. The standard InChI is InChI=1S/C17H24FN5O.HI/c1-4-19-17(21-10-8-16-22-13(3)23-24-16)20-9-7-14-5-6-15(18)11-12(14)2;/h5-6,11H,4,7-10H2,1-3H3,(H2,19,20,21);1H. The van der Waals surface area contributed by atoms with E-state index in [0.717, 1.165) is 36.6 Å². The number of benzene rings is 1. The van der Waals surface area contributed by atoms with Gasteiger partial charge in [-0.1, -0.05) is 11.2 Å². The summed E-state index contributed by atoms with van der Waals surface area (Å²) in [6, 6.07) is 4.88. The van der Waals surface area contributed by atoms with Crippen molar-refractivity contribution >= 4 is 29.9 Å². The lowest BCUT2D eigenvalue weighted by molar-refractivity contribution is 0.376. The Morgan fingerprint density at radius 1 is 1.24 bits per heavy atom. The van der Waals surface area contributed by atoms with Crippen LogP contribution in [0.3, 0.4) is 0 Å². The number of nitrogens with zero attached hydrogens (tertiary/aromatic N) is 3. The molecule has 0 amide bonds. The number of rotatable bonds is 7. The van der Waals surface area contributed by atoms with Crippen LogP contribution >= 0.6 is 24.0 Å². The van der Waals surface area contributed by atoms with E-state index in [9.17, 15) is 4.39 Å². The first-order valence-corrected chi connectivity index (χ1v) is 8.15. The molecule has 2 rings (SSSR count). The van der Waals surface area contributed by atoms with Crippen molar-refractivity contribution < 1.29 is 8.91 Å². The molecule has 138 valence electrons. The Labute approximate surface area is 164 Å². The number of nitrogens with one attached hydrogen (secondary N) is 2. The van der Waals surface area contributed by atoms with Crippen LogP contribution in [-0.4, -0.2) is 35.7 Å². The Hall–Kier alpha value is -1.71. The van der Waals surface area contributed by atoms with Crippen molar-refractivity contribution in [3.8, 4) is 0 Å². The number of hydrogen-bond acceptors (Lipinski definition) is 4. The van der Waals surface area contributed by atoms with Gasteiger partial charge < -0.3 is 15.2 Å². The van der Waals surface area contributed by atoms with Crippen LogP contribution in [0.5, 0.6) is 0 Å². The van der Waals surface area contributed by atoms with Crippen LogP contribution in [0, 0.1) is 19.7 Å². The minimum Gasteiger partial charge on any atom is -0.357 e. The molecule has 0 fully saturated rings. The molecular weight excluding hydrogens is 436 g/mol. The quantitative estimate of drug-likeness (QED) is 0.377. The van der Waals surface area contributed by atoms with E-state index in [4.69, 9.17) is 4.52 Å². The average molecular weight is 461 g/mol. The second kappa shape index (κ2) is 11.0. The van der Waals surface area contributed by atoms with Crippen molar-refractivity contribution in [3.05, 3.63) is 46.9 Å². The van der Waals surface area contributed by atoms with E-state index in [2.05, 4.69) is 25.8 Å². The molecule has 6 nitrogen and oxygen atoms in total. The number of aryl methyl sites for hydroxylation is 2. The molecule has 0 bridgehead atoms. The molecule has 8 heteroatoms. The van der Waals surface area contributed by atoms with E-state index in [-0.39, 0.29) is 29.8 Å². The maximum absolute atomic E-state index is 13.1. The van der Waals surface area contributed by atoms with E-state index in [1.807, 2.05) is 19.9 Å². The van der Waals surface area contributed by atoms with Gasteiger partial charge in [-0.3, -0.25) is 4.99 Å². The molecule has 0 atom stereocenters. The predicted molar refractivity (Wildman–Crippen MR) is 107 cm³/mol. The monoisotopic (exact) mass is 461 g/mol. The van der Waals surface area contributed by atoms with Crippen LogP contribution in [0.25, 0.3) is 0 Å². The Kier molecular flexibility index (Phi) is 9.40. The minimum absolute atomic E-state index is 0. The third-order valence-electron chi connectivity index (χ3n) is 3.50. The second-order valence-electron chi connectivity index (χ2n) is 5.49. The zero-order chi connectivity index (χ0) is 17.4. The van der Waals surface area contributed by atoms with E-state index in [0.29, 0.717) is 24.7 Å². The Morgan fingerprint density at radius 3 is 2.68 bits per heavy atom. The molecule has 0 spiro atoms. The van der Waals surface area contributed by atoms with Crippen LogP contribution in [0.15, 0.2) is 27.7 Å². The maximum Gasteiger partial charge on any atom is 0.228 e. The predicted octanol–water partition coefficient (Wildman–Crippen LogP) is 2.78. The highest BCUT2D eigenvalue weighted by Gasteiger charge is 2.04. The second-order valence-corrected chi connectivity index (χ2v) is 5.49. The summed E-state index contributed by atoms with van der Waals surface area (Å²) in [6.45, 7) is 7.79. The van der Waals surface area contributed by atoms with Crippen LogP contribution in [0.2, 0.25) is 0 Å². The number of halogens is 2. The summed E-state index contributed by atoms with van der Waals surface area (Å²) < 4.78 is 18.2. The number of aromatic nitrogens is 2. The molecule has 0 aliphatic heterocycles. The molecule has 1 aromatic carbocycles. The van der Waals surface area contributed by atoms with Gasteiger partial charge in [0.25, 0.3) is 0 Å². The summed E-state index contributed by atoms with van der Waals surface area (Å²) in [5, 5.41) is 10.2. The lowest BCUT2D eigenvalue weighted by Gasteiger charge is -2.12. The molecule has 1 heterocycles. The SMILES string of the molecule is CCNC(=NCCc1nc(C)no1)NCCc1ccc(F)cc1C.I. The zero-order valence-electron chi connectivity index (χ0n) is 14.8. The zero-order valence-corrected chi connectivity index (χ0v) is 17.1. The fourth-order valence-corrected chi connectivity index (χ4v) is 2.30.